The van der Waals surface area contributed by atoms with Crippen molar-refractivity contribution in [3.8, 4) is 0 Å². The third-order valence-electron chi connectivity index (χ3n) is 10.9. The maximum absolute atomic E-state index is 14.8. The molecule has 0 radical (unpaired) electrons. The van der Waals surface area contributed by atoms with Crippen LogP contribution in [-0.4, -0.2) is 101 Å². The van der Waals surface area contributed by atoms with Gasteiger partial charge in [-0.2, -0.15) is 0 Å². The summed E-state index contributed by atoms with van der Waals surface area (Å²) in [6.45, 7) is 15.6. The molecular weight excluding hydrogens is 638 g/mol. The van der Waals surface area contributed by atoms with Crippen LogP contribution < -0.4 is 5.32 Å². The van der Waals surface area contributed by atoms with Crippen LogP contribution in [0.5, 0.6) is 0 Å². The summed E-state index contributed by atoms with van der Waals surface area (Å²) in [5, 5.41) is 13.7. The molecule has 11 nitrogen and oxygen atoms in total. The molecule has 1 spiro atoms. The molecule has 2 bridgehead atoms. The number of hydrogen-bond donors (Lipinski definition) is 2. The van der Waals surface area contributed by atoms with E-state index in [-0.39, 0.29) is 49.3 Å². The number of aliphatic hydroxyl groups excluding tert-OH is 1. The summed E-state index contributed by atoms with van der Waals surface area (Å²) in [5.74, 6) is -3.61. The van der Waals surface area contributed by atoms with Gasteiger partial charge >= 0.3 is 5.97 Å². The van der Waals surface area contributed by atoms with E-state index < -0.39 is 53.7 Å². The SMILES string of the molecule is C=CCCC(=O)N[C@@H](COC)[C@@H](OC(=O)[C@@H]1[C@@H]2CC[C@]3(O2)[C@H](C(=O)N(CC=C)C(C)CCC)N([C@@H](CO)[C@@H](C)CC)C(=O)[C@@H]13)c1ccccc1. The number of ether oxygens (including phenoxy) is 3. The monoisotopic (exact) mass is 695 g/mol. The van der Waals surface area contributed by atoms with Gasteiger partial charge in [0, 0.05) is 26.1 Å². The van der Waals surface area contributed by atoms with Gasteiger partial charge in [-0.3, -0.25) is 19.2 Å². The van der Waals surface area contributed by atoms with Crippen LogP contribution >= 0.6 is 0 Å². The second kappa shape index (κ2) is 17.6. The lowest BCUT2D eigenvalue weighted by Crippen LogP contribution is -2.60. The van der Waals surface area contributed by atoms with E-state index in [9.17, 15) is 24.3 Å². The molecule has 1 aromatic rings. The van der Waals surface area contributed by atoms with Crippen molar-refractivity contribution >= 4 is 23.7 Å². The largest absolute Gasteiger partial charge is 0.455 e. The summed E-state index contributed by atoms with van der Waals surface area (Å²) in [6, 6.07) is 6.60. The quantitative estimate of drug-likeness (QED) is 0.152. The van der Waals surface area contributed by atoms with Gasteiger partial charge in [-0.25, -0.2) is 0 Å². The molecule has 50 heavy (non-hydrogen) atoms. The predicted molar refractivity (Wildman–Crippen MR) is 190 cm³/mol. The minimum absolute atomic E-state index is 0.0656. The van der Waals surface area contributed by atoms with Crippen molar-refractivity contribution in [2.24, 2.45) is 17.8 Å². The van der Waals surface area contributed by atoms with Gasteiger partial charge < -0.3 is 34.4 Å². The first-order valence-electron chi connectivity index (χ1n) is 18.2. The maximum Gasteiger partial charge on any atom is 0.313 e. The number of likely N-dealkylation sites (tertiary alicyclic amines) is 1. The van der Waals surface area contributed by atoms with Crippen LogP contribution in [0.25, 0.3) is 0 Å². The van der Waals surface area contributed by atoms with Crippen molar-refractivity contribution in [1.82, 2.24) is 15.1 Å². The average molecular weight is 696 g/mol. The Morgan fingerprint density at radius 2 is 1.90 bits per heavy atom. The Labute approximate surface area is 297 Å². The second-order valence-corrected chi connectivity index (χ2v) is 14.1. The van der Waals surface area contributed by atoms with Crippen molar-refractivity contribution < 1.29 is 38.5 Å². The van der Waals surface area contributed by atoms with Crippen LogP contribution in [0.4, 0.5) is 0 Å². The van der Waals surface area contributed by atoms with Gasteiger partial charge in [0.15, 0.2) is 0 Å². The van der Waals surface area contributed by atoms with E-state index in [1.54, 1.807) is 22.0 Å². The normalized spacial score (nSPS) is 26.8. The van der Waals surface area contributed by atoms with Gasteiger partial charge in [0.2, 0.25) is 17.7 Å². The molecule has 3 amide bonds. The Morgan fingerprint density at radius 1 is 1.18 bits per heavy atom. The smallest absolute Gasteiger partial charge is 0.313 e. The molecule has 3 aliphatic rings. The van der Waals surface area contributed by atoms with Gasteiger partial charge in [0.1, 0.15) is 17.7 Å². The van der Waals surface area contributed by atoms with Crippen LogP contribution in [0, 0.1) is 17.8 Å². The fourth-order valence-corrected chi connectivity index (χ4v) is 8.29. The highest BCUT2D eigenvalue weighted by Crippen LogP contribution is 2.59. The number of hydrogen-bond acceptors (Lipinski definition) is 8. The average Bonchev–Trinajstić information content (AvgIpc) is 3.76. The van der Waals surface area contributed by atoms with Crippen LogP contribution in [0.2, 0.25) is 0 Å². The molecule has 3 heterocycles. The molecule has 4 rings (SSSR count). The molecule has 3 fully saturated rings. The number of methoxy groups -OCH3 is 1. The highest BCUT2D eigenvalue weighted by atomic mass is 16.6. The number of amides is 3. The summed E-state index contributed by atoms with van der Waals surface area (Å²) in [5.41, 5.74) is -0.609. The number of benzene rings is 1. The zero-order valence-electron chi connectivity index (χ0n) is 30.4. The number of nitrogens with zero attached hydrogens (tertiary/aromatic N) is 2. The lowest BCUT2D eigenvalue weighted by Gasteiger charge is -2.42. The standard InChI is InChI=1S/C39H57N3O8/c1-8-12-19-31(44)40-28(24-48-7)34(27-17-14-13-15-18-27)49-38(47)32-30-20-21-39(50-30)33(32)36(45)42(29(23-43)25(5)11-4)35(39)37(46)41(22-10-3)26(6)16-9-2/h8,10,13-15,17-18,25-26,28-30,32-35,43H,1,3,9,11-12,16,19-24H2,2,4-7H3,(H,40,44)/t25-,26?,28-,29-,30-,32+,33+,34-,35-,39+/m0/s1. The number of allylic oxidation sites excluding steroid dienone is 1. The zero-order valence-corrected chi connectivity index (χ0v) is 30.4. The Bertz CT molecular complexity index is 1360. The molecule has 2 N–H and O–H groups in total. The van der Waals surface area contributed by atoms with Crippen LogP contribution in [-0.2, 0) is 33.4 Å². The van der Waals surface area contributed by atoms with Crippen molar-refractivity contribution in [1.29, 1.82) is 0 Å². The molecule has 3 aliphatic heterocycles. The van der Waals surface area contributed by atoms with E-state index in [0.29, 0.717) is 37.8 Å². The summed E-state index contributed by atoms with van der Waals surface area (Å²) in [4.78, 5) is 60.3. The minimum Gasteiger partial charge on any atom is -0.455 e. The first-order valence-corrected chi connectivity index (χ1v) is 18.2. The molecule has 1 aromatic carbocycles. The topological polar surface area (TPSA) is 135 Å². The fourth-order valence-electron chi connectivity index (χ4n) is 8.29. The lowest BCUT2D eigenvalue weighted by molar-refractivity contribution is -0.164. The number of aliphatic hydroxyl groups is 1. The number of rotatable bonds is 20. The summed E-state index contributed by atoms with van der Waals surface area (Å²) >= 11 is 0. The lowest BCUT2D eigenvalue weighted by atomic mass is 9.70. The fraction of sp³-hybridized carbons (Fsp3) is 0.641. The number of carbonyl (C=O) groups excluding carboxylic acids is 4. The Hall–Kier alpha value is -3.54. The van der Waals surface area contributed by atoms with Crippen LogP contribution in [0.1, 0.15) is 84.3 Å². The third kappa shape index (κ3) is 7.70. The minimum atomic E-state index is -1.26. The van der Waals surface area contributed by atoms with Gasteiger partial charge in [-0.05, 0) is 44.1 Å². The van der Waals surface area contributed by atoms with Gasteiger partial charge in [0.25, 0.3) is 0 Å². The van der Waals surface area contributed by atoms with E-state index in [1.807, 2.05) is 51.1 Å². The highest BCUT2D eigenvalue weighted by Gasteiger charge is 2.76. The van der Waals surface area contributed by atoms with Gasteiger partial charge in [-0.1, -0.05) is 76.1 Å². The molecule has 10 atom stereocenters. The van der Waals surface area contributed by atoms with E-state index >= 15 is 0 Å². The highest BCUT2D eigenvalue weighted by molar-refractivity contribution is 5.98. The van der Waals surface area contributed by atoms with E-state index in [1.165, 1.54) is 7.11 Å². The van der Waals surface area contributed by atoms with Gasteiger partial charge in [-0.15, -0.1) is 13.2 Å². The van der Waals surface area contributed by atoms with E-state index in [2.05, 4.69) is 25.4 Å². The number of nitrogens with one attached hydrogen (secondary N) is 1. The number of carbonyl (C=O) groups is 4. The first kappa shape index (κ1) is 39.2. The molecule has 1 unspecified atom stereocenters. The molecule has 276 valence electrons. The predicted octanol–water partition coefficient (Wildman–Crippen LogP) is 4.35. The maximum atomic E-state index is 14.8. The molecule has 0 aromatic heterocycles. The molecular formula is C39H57N3O8. The van der Waals surface area contributed by atoms with Crippen LogP contribution in [0.3, 0.4) is 0 Å². The zero-order chi connectivity index (χ0) is 36.6. The molecule has 11 heteroatoms. The molecule has 3 saturated heterocycles. The summed E-state index contributed by atoms with van der Waals surface area (Å²) < 4.78 is 18.5. The molecule has 0 aliphatic carbocycles. The summed E-state index contributed by atoms with van der Waals surface area (Å²) in [7, 11) is 1.51. The van der Waals surface area contributed by atoms with Crippen molar-refractivity contribution in [3.05, 3.63) is 61.2 Å². The number of fused-ring (bicyclic) bond motifs is 1. The van der Waals surface area contributed by atoms with E-state index in [4.69, 9.17) is 14.2 Å². The summed E-state index contributed by atoms with van der Waals surface area (Å²) in [6.07, 6.45) is 5.66. The van der Waals surface area contributed by atoms with Crippen molar-refractivity contribution in [2.75, 3.05) is 26.9 Å². The van der Waals surface area contributed by atoms with Crippen LogP contribution in [0.15, 0.2) is 55.6 Å². The van der Waals surface area contributed by atoms with Crippen molar-refractivity contribution in [2.45, 2.75) is 115 Å². The molecule has 0 saturated carbocycles. The van der Waals surface area contributed by atoms with Crippen molar-refractivity contribution in [3.63, 3.8) is 0 Å². The number of esters is 1. The van der Waals surface area contributed by atoms with E-state index in [0.717, 1.165) is 12.8 Å². The second-order valence-electron chi connectivity index (χ2n) is 14.1. The Morgan fingerprint density at radius 3 is 2.50 bits per heavy atom. The Balaban J connectivity index is 1.75. The third-order valence-corrected chi connectivity index (χ3v) is 10.9. The first-order chi connectivity index (χ1) is 24.0. The Kier molecular flexibility index (Phi) is 13.8. The van der Waals surface area contributed by atoms with Gasteiger partial charge in [0.05, 0.1) is 43.2 Å².